The third kappa shape index (κ3) is 4.86. The fraction of sp³-hybridized carbons (Fsp3) is 1.00. The molecule has 0 bridgehead atoms. The van der Waals surface area contributed by atoms with Crippen molar-refractivity contribution < 1.29 is 51.9 Å². The molecule has 17 heavy (non-hydrogen) atoms. The second-order valence-electron chi connectivity index (χ2n) is 2.12. The van der Waals surface area contributed by atoms with Crippen LogP contribution < -0.4 is 0 Å². The van der Waals surface area contributed by atoms with E-state index in [1.165, 1.54) is 0 Å². The molecule has 0 unspecified atom stereocenters. The summed E-state index contributed by atoms with van der Waals surface area (Å²) in [5.74, 6) is -6.12. The van der Waals surface area contributed by atoms with Crippen LogP contribution in [0.2, 0.25) is 0 Å². The summed E-state index contributed by atoms with van der Waals surface area (Å²) >= 11 is 0. The van der Waals surface area contributed by atoms with E-state index in [9.17, 15) is 34.8 Å². The highest BCUT2D eigenvalue weighted by Gasteiger charge is 2.70. The van der Waals surface area contributed by atoms with Gasteiger partial charge in [-0.15, -0.1) is 12.6 Å². The van der Waals surface area contributed by atoms with Crippen molar-refractivity contribution in [2.24, 2.45) is 0 Å². The molecule has 0 fully saturated rings. The quantitative estimate of drug-likeness (QED) is 0.596. The van der Waals surface area contributed by atoms with Crippen LogP contribution >= 0.6 is 0 Å². The summed E-state index contributed by atoms with van der Waals surface area (Å²) in [6.07, 6.45) is -4.90. The summed E-state index contributed by atoms with van der Waals surface area (Å²) in [5.41, 5.74) is 0. The number of hydrogen-bond donors (Lipinski definition) is 1. The van der Waals surface area contributed by atoms with Gasteiger partial charge in [-0.1, -0.05) is 0 Å². The van der Waals surface area contributed by atoms with Crippen molar-refractivity contribution in [3.05, 3.63) is 0 Å². The largest absolute Gasteiger partial charge is 0.437 e. The zero-order chi connectivity index (χ0) is 14.7. The van der Waals surface area contributed by atoms with Crippen molar-refractivity contribution in [3.63, 3.8) is 0 Å². The normalized spacial score (nSPS) is 12.9. The zero-order valence-corrected chi connectivity index (χ0v) is 8.78. The first kappa shape index (κ1) is 18.5. The molecule has 0 aliphatic heterocycles. The molecule has 0 rings (SSSR count). The SMILES string of the molecule is O=S(=O)(O)C(F)(F)C(F)(F)C(F)F.O=S(=O)=O. The maximum Gasteiger partial charge on any atom is 0.437 e. The Morgan fingerprint density at radius 2 is 1.24 bits per heavy atom. The Bertz CT molecular complexity index is 442. The molecule has 0 aliphatic rings. The first-order valence-corrected chi connectivity index (χ1v) is 5.39. The topological polar surface area (TPSA) is 106 Å². The maximum atomic E-state index is 11.9. The van der Waals surface area contributed by atoms with E-state index in [0.717, 1.165) is 0 Å². The average Bonchev–Trinajstić information content (AvgIpc) is 1.99. The van der Waals surface area contributed by atoms with Crippen LogP contribution in [0.25, 0.3) is 0 Å². The number of alkyl halides is 6. The molecule has 1 N–H and O–H groups in total. The highest BCUT2D eigenvalue weighted by molar-refractivity contribution is 7.87. The van der Waals surface area contributed by atoms with Gasteiger partial charge in [-0.2, -0.15) is 26.0 Å². The first-order valence-electron chi connectivity index (χ1n) is 2.95. The predicted molar refractivity (Wildman–Crippen MR) is 37.1 cm³/mol. The Morgan fingerprint density at radius 1 is 1.00 bits per heavy atom. The summed E-state index contributed by atoms with van der Waals surface area (Å²) in [6, 6.07) is 0. The average molecular weight is 312 g/mol. The third-order valence-electron chi connectivity index (χ3n) is 0.986. The van der Waals surface area contributed by atoms with Gasteiger partial charge in [0.1, 0.15) is 0 Å². The van der Waals surface area contributed by atoms with Crippen molar-refractivity contribution in [1.82, 2.24) is 0 Å². The molecular formula is C3H2F6O6S2. The van der Waals surface area contributed by atoms with Crippen LogP contribution in [-0.4, -0.2) is 43.2 Å². The van der Waals surface area contributed by atoms with E-state index in [2.05, 4.69) is 0 Å². The van der Waals surface area contributed by atoms with Crippen LogP contribution in [0.3, 0.4) is 0 Å². The molecule has 0 aromatic heterocycles. The lowest BCUT2D eigenvalue weighted by Gasteiger charge is -2.22. The predicted octanol–water partition coefficient (Wildman–Crippen LogP) is 0.363. The first-order chi connectivity index (χ1) is 7.18. The fourth-order valence-electron chi connectivity index (χ4n) is 0.299. The van der Waals surface area contributed by atoms with Crippen molar-refractivity contribution >= 4 is 20.7 Å². The Hall–Kier alpha value is -0.890. The number of halogens is 6. The standard InChI is InChI=1S/C3H2F6O3S.O3S/c4-1(5)2(6,7)3(8,9)13(10,11)12;1-4(2)3/h1H,(H,10,11,12);. The van der Waals surface area contributed by atoms with Gasteiger partial charge in [-0.05, 0) is 0 Å². The highest BCUT2D eigenvalue weighted by Crippen LogP contribution is 2.42. The molecule has 6 nitrogen and oxygen atoms in total. The van der Waals surface area contributed by atoms with E-state index in [-0.39, 0.29) is 0 Å². The molecule has 0 spiro atoms. The summed E-state index contributed by atoms with van der Waals surface area (Å²) in [5, 5.41) is -6.20. The summed E-state index contributed by atoms with van der Waals surface area (Å²) < 4.78 is 122. The number of rotatable bonds is 3. The summed E-state index contributed by atoms with van der Waals surface area (Å²) in [4.78, 5) is 0. The maximum absolute atomic E-state index is 11.9. The molecule has 0 amide bonds. The van der Waals surface area contributed by atoms with Crippen LogP contribution in [0.5, 0.6) is 0 Å². The molecule has 0 atom stereocenters. The molecule has 0 heterocycles. The molecule has 0 radical (unpaired) electrons. The van der Waals surface area contributed by atoms with Crippen LogP contribution in [0.15, 0.2) is 0 Å². The van der Waals surface area contributed by atoms with E-state index < -0.39 is 38.3 Å². The molecule has 104 valence electrons. The van der Waals surface area contributed by atoms with E-state index in [0.29, 0.717) is 0 Å². The lowest BCUT2D eigenvalue weighted by Crippen LogP contribution is -2.51. The zero-order valence-electron chi connectivity index (χ0n) is 7.15. The van der Waals surface area contributed by atoms with Gasteiger partial charge in [0.25, 0.3) is 0 Å². The fourth-order valence-corrected chi connectivity index (χ4v) is 0.732. The number of hydrogen-bond acceptors (Lipinski definition) is 5. The van der Waals surface area contributed by atoms with Crippen LogP contribution in [0.1, 0.15) is 0 Å². The molecule has 0 aromatic carbocycles. The van der Waals surface area contributed by atoms with Gasteiger partial charge in [0.05, 0.1) is 0 Å². The van der Waals surface area contributed by atoms with E-state index in [4.69, 9.17) is 17.2 Å². The third-order valence-corrected chi connectivity index (χ3v) is 1.91. The van der Waals surface area contributed by atoms with Crippen LogP contribution in [0.4, 0.5) is 26.3 Å². The Balaban J connectivity index is 0. The Kier molecular flexibility index (Phi) is 6.12. The van der Waals surface area contributed by atoms with Crippen molar-refractivity contribution in [1.29, 1.82) is 0 Å². The van der Waals surface area contributed by atoms with E-state index >= 15 is 0 Å². The van der Waals surface area contributed by atoms with Gasteiger partial charge in [0.15, 0.2) is 0 Å². The van der Waals surface area contributed by atoms with Gasteiger partial charge in [-0.3, -0.25) is 4.55 Å². The molecular weight excluding hydrogens is 310 g/mol. The molecule has 0 saturated heterocycles. The lowest BCUT2D eigenvalue weighted by molar-refractivity contribution is -0.227. The second-order valence-corrected chi connectivity index (χ2v) is 3.99. The summed E-state index contributed by atoms with van der Waals surface area (Å²) in [7, 11) is -9.68. The molecule has 0 aromatic rings. The summed E-state index contributed by atoms with van der Waals surface area (Å²) in [6.45, 7) is 0. The monoisotopic (exact) mass is 312 g/mol. The van der Waals surface area contributed by atoms with Gasteiger partial charge in [0.2, 0.25) is 0 Å². The van der Waals surface area contributed by atoms with Crippen LogP contribution in [-0.2, 0) is 20.7 Å². The molecule has 0 saturated carbocycles. The van der Waals surface area contributed by atoms with E-state index in [1.807, 2.05) is 0 Å². The second kappa shape index (κ2) is 5.63. The molecule has 0 aliphatic carbocycles. The van der Waals surface area contributed by atoms with E-state index in [1.54, 1.807) is 0 Å². The lowest BCUT2D eigenvalue weighted by atomic mass is 10.4. The smallest absolute Gasteiger partial charge is 0.281 e. The minimum atomic E-state index is -6.57. The van der Waals surface area contributed by atoms with Gasteiger partial charge < -0.3 is 0 Å². The Labute approximate surface area is 91.0 Å². The molecule has 14 heteroatoms. The minimum absolute atomic E-state index is 3.11. The van der Waals surface area contributed by atoms with Crippen molar-refractivity contribution in [2.75, 3.05) is 0 Å². The van der Waals surface area contributed by atoms with Gasteiger partial charge in [-0.25, -0.2) is 8.78 Å². The van der Waals surface area contributed by atoms with Crippen LogP contribution in [0, 0.1) is 0 Å². The van der Waals surface area contributed by atoms with Gasteiger partial charge in [0, 0.05) is 0 Å². The van der Waals surface area contributed by atoms with Gasteiger partial charge >= 0.3 is 38.3 Å². The highest BCUT2D eigenvalue weighted by atomic mass is 32.2. The van der Waals surface area contributed by atoms with Crippen molar-refractivity contribution in [2.45, 2.75) is 17.6 Å². The van der Waals surface area contributed by atoms with Crippen molar-refractivity contribution in [3.8, 4) is 0 Å². The minimum Gasteiger partial charge on any atom is -0.281 e. The Morgan fingerprint density at radius 3 is 1.29 bits per heavy atom.